The number of carbonyl (C=O) groups is 1. The van der Waals surface area contributed by atoms with Crippen LogP contribution in [0.15, 0.2) is 79.4 Å². The van der Waals surface area contributed by atoms with Gasteiger partial charge in [0.25, 0.3) is 5.91 Å². The Kier molecular flexibility index (Phi) is 6.37. The summed E-state index contributed by atoms with van der Waals surface area (Å²) in [6, 6.07) is 13.2. The van der Waals surface area contributed by atoms with Crippen molar-refractivity contribution < 1.29 is 27.5 Å². The predicted octanol–water partition coefficient (Wildman–Crippen LogP) is 5.92. The van der Waals surface area contributed by atoms with Crippen molar-refractivity contribution in [3.63, 3.8) is 0 Å². The van der Waals surface area contributed by atoms with Gasteiger partial charge in [-0.1, -0.05) is 30.3 Å². The van der Waals surface area contributed by atoms with Gasteiger partial charge in [-0.25, -0.2) is 19.3 Å². The third-order valence-electron chi connectivity index (χ3n) is 5.92. The number of aliphatic hydroxyl groups is 1. The number of carbonyl (C=O) groups excluding carboxylic acids is 1. The average Bonchev–Trinajstić information content (AvgIpc) is 3.34. The first-order valence-electron chi connectivity index (χ1n) is 11.4. The zero-order valence-electron chi connectivity index (χ0n) is 19.7. The fourth-order valence-corrected chi connectivity index (χ4v) is 4.14. The van der Waals surface area contributed by atoms with Gasteiger partial charge in [-0.3, -0.25) is 9.20 Å². The van der Waals surface area contributed by atoms with Gasteiger partial charge < -0.3 is 10.4 Å². The molecule has 5 rings (SSSR count). The van der Waals surface area contributed by atoms with Crippen LogP contribution in [-0.4, -0.2) is 30.4 Å². The van der Waals surface area contributed by atoms with Crippen LogP contribution in [-0.2, 0) is 6.18 Å². The van der Waals surface area contributed by atoms with Crippen LogP contribution in [0.3, 0.4) is 0 Å². The molecule has 1 amide bonds. The number of hydrogen-bond donors (Lipinski definition) is 2. The van der Waals surface area contributed by atoms with Crippen molar-refractivity contribution in [1.29, 1.82) is 0 Å². The minimum Gasteiger partial charge on any atom is -0.387 e. The lowest BCUT2D eigenvalue weighted by Gasteiger charge is -2.16. The number of hydrogen-bond acceptors (Lipinski definition) is 5. The second kappa shape index (κ2) is 9.67. The van der Waals surface area contributed by atoms with E-state index in [0.29, 0.717) is 16.8 Å². The Balaban J connectivity index is 1.66. The topological polar surface area (TPSA) is 92.4 Å². The highest BCUT2D eigenvalue weighted by atomic mass is 19.4. The number of aromatic nitrogens is 4. The van der Waals surface area contributed by atoms with E-state index < -0.39 is 40.7 Å². The number of nitrogens with zero attached hydrogens (tertiary/aromatic N) is 4. The Bertz CT molecular complexity index is 1630. The summed E-state index contributed by atoms with van der Waals surface area (Å²) >= 11 is 0. The molecule has 0 aliphatic carbocycles. The van der Waals surface area contributed by atoms with Gasteiger partial charge in [0.1, 0.15) is 5.82 Å². The van der Waals surface area contributed by atoms with Crippen molar-refractivity contribution in [3.8, 4) is 22.5 Å². The monoisotopic (exact) mass is 521 g/mol. The highest BCUT2D eigenvalue weighted by Crippen LogP contribution is 2.38. The SMILES string of the molecule is C[C@@H](O)c1cnc2c(NC(=O)c3cc(-c4ncccn4)c(C(F)(F)F)cc3F)c(-c3ccccc3)ccn12. The summed E-state index contributed by atoms with van der Waals surface area (Å²) in [5.74, 6) is -2.67. The molecular formula is C27H19F4N5O2. The highest BCUT2D eigenvalue weighted by molar-refractivity contribution is 6.09. The third kappa shape index (κ3) is 4.59. The summed E-state index contributed by atoms with van der Waals surface area (Å²) in [4.78, 5) is 25.4. The molecule has 38 heavy (non-hydrogen) atoms. The second-order valence-electron chi connectivity index (χ2n) is 8.43. The number of rotatable bonds is 5. The fourth-order valence-electron chi connectivity index (χ4n) is 4.14. The van der Waals surface area contributed by atoms with Crippen molar-refractivity contribution in [2.24, 2.45) is 0 Å². The van der Waals surface area contributed by atoms with Crippen molar-refractivity contribution in [2.75, 3.05) is 5.32 Å². The molecule has 192 valence electrons. The van der Waals surface area contributed by atoms with E-state index in [0.717, 1.165) is 6.07 Å². The van der Waals surface area contributed by atoms with Crippen LogP contribution >= 0.6 is 0 Å². The van der Waals surface area contributed by atoms with Gasteiger partial charge in [0.05, 0.1) is 34.8 Å². The van der Waals surface area contributed by atoms with Crippen molar-refractivity contribution >= 4 is 17.2 Å². The number of pyridine rings is 1. The number of aliphatic hydroxyl groups excluding tert-OH is 1. The number of anilines is 1. The molecule has 0 saturated carbocycles. The lowest BCUT2D eigenvalue weighted by molar-refractivity contribution is -0.137. The zero-order chi connectivity index (χ0) is 27.0. The molecule has 5 aromatic rings. The summed E-state index contributed by atoms with van der Waals surface area (Å²) < 4.78 is 57.8. The molecule has 0 aliphatic rings. The first-order valence-corrected chi connectivity index (χ1v) is 11.4. The van der Waals surface area contributed by atoms with E-state index in [9.17, 15) is 23.1 Å². The normalized spacial score (nSPS) is 12.5. The molecule has 0 unspecified atom stereocenters. The molecule has 0 aliphatic heterocycles. The number of nitrogens with one attached hydrogen (secondary N) is 1. The molecule has 3 aromatic heterocycles. The molecule has 7 nitrogen and oxygen atoms in total. The second-order valence-corrected chi connectivity index (χ2v) is 8.43. The summed E-state index contributed by atoms with van der Waals surface area (Å²) in [6.45, 7) is 1.55. The molecule has 2 N–H and O–H groups in total. The van der Waals surface area contributed by atoms with Crippen molar-refractivity contribution in [3.05, 3.63) is 102 Å². The van der Waals surface area contributed by atoms with Gasteiger partial charge in [-0.15, -0.1) is 0 Å². The standard InChI is InChI=1S/C27H19F4N5O2/c1-15(37)22-14-34-25-23(17(8-11-36(22)25)16-6-3-2-4-7-16)35-26(38)19-12-18(24-32-9-5-10-33-24)20(13-21(19)28)27(29,30)31/h2-15,37H,1H3,(H,35,38)/t15-/m1/s1. The Morgan fingerprint density at radius 2 is 1.71 bits per heavy atom. The van der Waals surface area contributed by atoms with E-state index in [-0.39, 0.29) is 23.2 Å². The number of alkyl halides is 3. The molecule has 0 spiro atoms. The first kappa shape index (κ1) is 25.0. The molecule has 0 radical (unpaired) electrons. The molecule has 11 heteroatoms. The van der Waals surface area contributed by atoms with Gasteiger partial charge in [-0.05, 0) is 36.8 Å². The van der Waals surface area contributed by atoms with E-state index in [1.807, 2.05) is 6.07 Å². The summed E-state index contributed by atoms with van der Waals surface area (Å²) in [6.07, 6.45) is -0.187. The molecule has 0 saturated heterocycles. The van der Waals surface area contributed by atoms with Crippen LogP contribution in [0, 0.1) is 5.82 Å². The molecule has 2 aromatic carbocycles. The summed E-state index contributed by atoms with van der Waals surface area (Å²) in [7, 11) is 0. The third-order valence-corrected chi connectivity index (χ3v) is 5.92. The number of fused-ring (bicyclic) bond motifs is 1. The zero-order valence-corrected chi connectivity index (χ0v) is 19.7. The van der Waals surface area contributed by atoms with Gasteiger partial charge >= 0.3 is 6.18 Å². The van der Waals surface area contributed by atoms with Crippen LogP contribution in [0.4, 0.5) is 23.2 Å². The average molecular weight is 521 g/mol. The number of amides is 1. The first-order chi connectivity index (χ1) is 18.1. The van der Waals surface area contributed by atoms with E-state index >= 15 is 4.39 Å². The maximum Gasteiger partial charge on any atom is 0.417 e. The van der Waals surface area contributed by atoms with Crippen LogP contribution in [0.2, 0.25) is 0 Å². The van der Waals surface area contributed by atoms with Gasteiger partial charge in [-0.2, -0.15) is 13.2 Å². The minimum absolute atomic E-state index is 0.187. The van der Waals surface area contributed by atoms with Gasteiger partial charge in [0.2, 0.25) is 0 Å². The largest absolute Gasteiger partial charge is 0.417 e. The van der Waals surface area contributed by atoms with Crippen LogP contribution in [0.25, 0.3) is 28.2 Å². The lowest BCUT2D eigenvalue weighted by atomic mass is 10.0. The fraction of sp³-hybridized carbons (Fsp3) is 0.111. The van der Waals surface area contributed by atoms with Crippen molar-refractivity contribution in [2.45, 2.75) is 19.2 Å². The Morgan fingerprint density at radius 1 is 1.00 bits per heavy atom. The highest BCUT2D eigenvalue weighted by Gasteiger charge is 2.36. The Hall–Kier alpha value is -4.64. The number of imidazole rings is 1. The minimum atomic E-state index is -4.91. The van der Waals surface area contributed by atoms with Gasteiger partial charge in [0.15, 0.2) is 11.5 Å². The molecule has 3 heterocycles. The van der Waals surface area contributed by atoms with E-state index in [1.165, 1.54) is 24.7 Å². The van der Waals surface area contributed by atoms with Crippen LogP contribution in [0.5, 0.6) is 0 Å². The van der Waals surface area contributed by atoms with Crippen LogP contribution in [0.1, 0.15) is 34.6 Å². The van der Waals surface area contributed by atoms with E-state index in [1.54, 1.807) is 47.9 Å². The summed E-state index contributed by atoms with van der Waals surface area (Å²) in [5, 5.41) is 12.7. The Morgan fingerprint density at radius 3 is 2.37 bits per heavy atom. The lowest BCUT2D eigenvalue weighted by Crippen LogP contribution is -2.18. The van der Waals surface area contributed by atoms with E-state index in [4.69, 9.17) is 0 Å². The van der Waals surface area contributed by atoms with Gasteiger partial charge in [0, 0.05) is 29.7 Å². The van der Waals surface area contributed by atoms with Crippen molar-refractivity contribution in [1.82, 2.24) is 19.4 Å². The maximum atomic E-state index is 15.0. The predicted molar refractivity (Wildman–Crippen MR) is 132 cm³/mol. The quantitative estimate of drug-likeness (QED) is 0.280. The molecular weight excluding hydrogens is 502 g/mol. The molecule has 0 bridgehead atoms. The number of halogens is 4. The number of benzene rings is 2. The maximum absolute atomic E-state index is 15.0. The Labute approximate surface area is 213 Å². The van der Waals surface area contributed by atoms with E-state index in [2.05, 4.69) is 20.3 Å². The van der Waals surface area contributed by atoms with Crippen LogP contribution < -0.4 is 5.32 Å². The summed E-state index contributed by atoms with van der Waals surface area (Å²) in [5.41, 5.74) is -0.348. The molecule has 1 atom stereocenters. The smallest absolute Gasteiger partial charge is 0.387 e. The molecule has 0 fully saturated rings.